The molecule has 100 valence electrons. The molecule has 0 aliphatic rings. The first-order chi connectivity index (χ1) is 8.40. The van der Waals surface area contributed by atoms with Gasteiger partial charge in [0.05, 0.1) is 6.04 Å². The number of hydrogen-bond acceptors (Lipinski definition) is 2. The fraction of sp³-hybridized carbons (Fsp3) is 0.500. The summed E-state index contributed by atoms with van der Waals surface area (Å²) in [5, 5.41) is 3.65. The zero-order valence-corrected chi connectivity index (χ0v) is 12.2. The predicted octanol–water partition coefficient (Wildman–Crippen LogP) is 2.68. The van der Waals surface area contributed by atoms with Gasteiger partial charge in [-0.25, -0.2) is 0 Å². The lowest BCUT2D eigenvalue weighted by Gasteiger charge is -2.24. The lowest BCUT2D eigenvalue weighted by molar-refractivity contribution is -0.126. The molecule has 0 fully saturated rings. The monoisotopic (exact) mass is 268 g/mol. The van der Waals surface area contributed by atoms with Gasteiger partial charge in [-0.1, -0.05) is 23.7 Å². The molecule has 0 radical (unpaired) electrons. The van der Waals surface area contributed by atoms with Crippen LogP contribution < -0.4 is 5.32 Å². The van der Waals surface area contributed by atoms with Crippen LogP contribution in [0.4, 0.5) is 0 Å². The fourth-order valence-electron chi connectivity index (χ4n) is 1.62. The molecule has 1 amide bonds. The van der Waals surface area contributed by atoms with Gasteiger partial charge in [0, 0.05) is 17.6 Å². The second kappa shape index (κ2) is 6.76. The number of nitrogens with one attached hydrogen (secondary N) is 1. The van der Waals surface area contributed by atoms with E-state index in [0.29, 0.717) is 0 Å². The largest absolute Gasteiger partial charge is 0.353 e. The Labute approximate surface area is 114 Å². The Morgan fingerprint density at radius 1 is 1.28 bits per heavy atom. The minimum atomic E-state index is -0.150. The van der Waals surface area contributed by atoms with E-state index in [-0.39, 0.29) is 18.0 Å². The number of carbonyl (C=O) groups excluding carboxylic acids is 1. The third-order valence-corrected chi connectivity index (χ3v) is 3.07. The van der Waals surface area contributed by atoms with Crippen LogP contribution in [0.2, 0.25) is 5.02 Å². The Kier molecular flexibility index (Phi) is 5.63. The molecule has 4 heteroatoms. The van der Waals surface area contributed by atoms with Gasteiger partial charge in [0.25, 0.3) is 0 Å². The van der Waals surface area contributed by atoms with E-state index in [1.807, 2.05) is 57.0 Å². The Balaban J connectivity index is 2.56. The average Bonchev–Trinajstić information content (AvgIpc) is 2.30. The minimum Gasteiger partial charge on any atom is -0.353 e. The topological polar surface area (TPSA) is 32.3 Å². The smallest absolute Gasteiger partial charge is 0.237 e. The summed E-state index contributed by atoms with van der Waals surface area (Å²) in [7, 11) is 1.94. The predicted molar refractivity (Wildman–Crippen MR) is 75.7 cm³/mol. The summed E-state index contributed by atoms with van der Waals surface area (Å²) in [4.78, 5) is 13.9. The maximum absolute atomic E-state index is 11.9. The van der Waals surface area contributed by atoms with E-state index in [2.05, 4.69) is 5.32 Å². The standard InChI is InChI=1S/C14H21ClN2O/c1-10(2)16-14(18)11(3)17(4)9-12-5-7-13(15)8-6-12/h5-8,10-11H,9H2,1-4H3,(H,16,18)/t11-/m0/s1. The van der Waals surface area contributed by atoms with Crippen LogP contribution in [0.15, 0.2) is 24.3 Å². The third kappa shape index (κ3) is 4.67. The van der Waals surface area contributed by atoms with Gasteiger partial charge in [-0.2, -0.15) is 0 Å². The first-order valence-electron chi connectivity index (χ1n) is 6.15. The van der Waals surface area contributed by atoms with E-state index >= 15 is 0 Å². The van der Waals surface area contributed by atoms with E-state index in [1.54, 1.807) is 0 Å². The molecular formula is C14H21ClN2O. The summed E-state index contributed by atoms with van der Waals surface area (Å²) in [6.45, 7) is 6.56. The SMILES string of the molecule is CC(C)NC(=O)[C@H](C)N(C)Cc1ccc(Cl)cc1. The molecule has 0 unspecified atom stereocenters. The molecule has 0 spiro atoms. The highest BCUT2D eigenvalue weighted by Gasteiger charge is 2.18. The Hall–Kier alpha value is -1.06. The molecule has 1 atom stereocenters. The average molecular weight is 269 g/mol. The molecule has 1 rings (SSSR count). The first kappa shape index (κ1) is 15.0. The molecule has 0 saturated heterocycles. The molecule has 0 heterocycles. The van der Waals surface area contributed by atoms with Crippen LogP contribution in [0.25, 0.3) is 0 Å². The normalized spacial score (nSPS) is 12.8. The molecule has 1 aromatic rings. The maximum atomic E-state index is 11.9. The van der Waals surface area contributed by atoms with Crippen molar-refractivity contribution in [3.63, 3.8) is 0 Å². The molecule has 3 nitrogen and oxygen atoms in total. The van der Waals surface area contributed by atoms with Crippen molar-refractivity contribution in [1.29, 1.82) is 0 Å². The lowest BCUT2D eigenvalue weighted by Crippen LogP contribution is -2.45. The number of carbonyl (C=O) groups is 1. The molecule has 1 N–H and O–H groups in total. The van der Waals surface area contributed by atoms with Gasteiger partial charge in [-0.05, 0) is 45.5 Å². The highest BCUT2D eigenvalue weighted by molar-refractivity contribution is 6.30. The molecule has 0 aliphatic carbocycles. The van der Waals surface area contributed by atoms with Gasteiger partial charge < -0.3 is 5.32 Å². The number of nitrogens with zero attached hydrogens (tertiary/aromatic N) is 1. The van der Waals surface area contributed by atoms with E-state index in [1.165, 1.54) is 0 Å². The quantitative estimate of drug-likeness (QED) is 0.891. The summed E-state index contributed by atoms with van der Waals surface area (Å²) < 4.78 is 0. The number of amides is 1. The van der Waals surface area contributed by atoms with Crippen LogP contribution in [-0.4, -0.2) is 29.9 Å². The molecule has 0 bridgehead atoms. The fourth-order valence-corrected chi connectivity index (χ4v) is 1.75. The summed E-state index contributed by atoms with van der Waals surface area (Å²) in [5.74, 6) is 0.0569. The van der Waals surface area contributed by atoms with Crippen molar-refractivity contribution < 1.29 is 4.79 Å². The van der Waals surface area contributed by atoms with Crippen LogP contribution in [0.1, 0.15) is 26.3 Å². The zero-order valence-electron chi connectivity index (χ0n) is 11.4. The van der Waals surface area contributed by atoms with Crippen LogP contribution in [-0.2, 0) is 11.3 Å². The number of rotatable bonds is 5. The molecule has 1 aromatic carbocycles. The lowest BCUT2D eigenvalue weighted by atomic mass is 10.2. The van der Waals surface area contributed by atoms with Crippen molar-refractivity contribution in [3.8, 4) is 0 Å². The van der Waals surface area contributed by atoms with Crippen molar-refractivity contribution in [2.45, 2.75) is 39.4 Å². The molecular weight excluding hydrogens is 248 g/mol. The van der Waals surface area contributed by atoms with Gasteiger partial charge in [0.2, 0.25) is 5.91 Å². The van der Waals surface area contributed by atoms with Gasteiger partial charge in [-0.3, -0.25) is 9.69 Å². The van der Waals surface area contributed by atoms with E-state index < -0.39 is 0 Å². The van der Waals surface area contributed by atoms with Crippen LogP contribution in [0.5, 0.6) is 0 Å². The third-order valence-electron chi connectivity index (χ3n) is 2.82. The second-order valence-corrected chi connectivity index (χ2v) is 5.32. The number of benzene rings is 1. The van der Waals surface area contributed by atoms with Crippen LogP contribution in [0, 0.1) is 0 Å². The van der Waals surface area contributed by atoms with E-state index in [4.69, 9.17) is 11.6 Å². The highest BCUT2D eigenvalue weighted by atomic mass is 35.5. The van der Waals surface area contributed by atoms with Crippen molar-refractivity contribution in [2.75, 3.05) is 7.05 Å². The molecule has 0 saturated carbocycles. The summed E-state index contributed by atoms with van der Waals surface area (Å²) >= 11 is 5.84. The van der Waals surface area contributed by atoms with Gasteiger partial charge in [0.15, 0.2) is 0 Å². The molecule has 18 heavy (non-hydrogen) atoms. The highest BCUT2D eigenvalue weighted by Crippen LogP contribution is 2.12. The Bertz CT molecular complexity index is 389. The summed E-state index contributed by atoms with van der Waals surface area (Å²) in [6, 6.07) is 7.71. The van der Waals surface area contributed by atoms with Gasteiger partial charge in [-0.15, -0.1) is 0 Å². The molecule has 0 aliphatic heterocycles. The van der Waals surface area contributed by atoms with E-state index in [0.717, 1.165) is 17.1 Å². The van der Waals surface area contributed by atoms with Gasteiger partial charge in [0.1, 0.15) is 0 Å². The number of likely N-dealkylation sites (N-methyl/N-ethyl adjacent to an activating group) is 1. The zero-order chi connectivity index (χ0) is 13.7. The van der Waals surface area contributed by atoms with Crippen LogP contribution >= 0.6 is 11.6 Å². The second-order valence-electron chi connectivity index (χ2n) is 4.88. The van der Waals surface area contributed by atoms with Crippen LogP contribution in [0.3, 0.4) is 0 Å². The Morgan fingerprint density at radius 3 is 2.33 bits per heavy atom. The first-order valence-corrected chi connectivity index (χ1v) is 6.53. The molecule has 0 aromatic heterocycles. The van der Waals surface area contributed by atoms with E-state index in [9.17, 15) is 4.79 Å². The maximum Gasteiger partial charge on any atom is 0.237 e. The van der Waals surface area contributed by atoms with Crippen molar-refractivity contribution in [2.24, 2.45) is 0 Å². The van der Waals surface area contributed by atoms with Crippen molar-refractivity contribution in [1.82, 2.24) is 10.2 Å². The number of hydrogen-bond donors (Lipinski definition) is 1. The Morgan fingerprint density at radius 2 is 1.83 bits per heavy atom. The van der Waals surface area contributed by atoms with Crippen molar-refractivity contribution in [3.05, 3.63) is 34.9 Å². The summed E-state index contributed by atoms with van der Waals surface area (Å²) in [6.07, 6.45) is 0. The van der Waals surface area contributed by atoms with Gasteiger partial charge >= 0.3 is 0 Å². The minimum absolute atomic E-state index is 0.0569. The summed E-state index contributed by atoms with van der Waals surface area (Å²) in [5.41, 5.74) is 1.14. The van der Waals surface area contributed by atoms with Crippen molar-refractivity contribution >= 4 is 17.5 Å². The number of halogens is 1.